The van der Waals surface area contributed by atoms with Gasteiger partial charge in [-0.05, 0) is 86.6 Å². The van der Waals surface area contributed by atoms with Crippen LogP contribution in [0.25, 0.3) is 0 Å². The lowest BCUT2D eigenvalue weighted by molar-refractivity contribution is 0.0816. The van der Waals surface area contributed by atoms with E-state index < -0.39 is 0 Å². The van der Waals surface area contributed by atoms with E-state index in [9.17, 15) is 9.59 Å². The van der Waals surface area contributed by atoms with Crippen molar-refractivity contribution in [3.63, 3.8) is 0 Å². The average molecular weight is 535 g/mol. The van der Waals surface area contributed by atoms with Crippen LogP contribution in [-0.4, -0.2) is 61.0 Å². The fourth-order valence-corrected chi connectivity index (χ4v) is 6.45. The van der Waals surface area contributed by atoms with Gasteiger partial charge in [-0.1, -0.05) is 6.92 Å². The molecule has 0 radical (unpaired) electrons. The van der Waals surface area contributed by atoms with Gasteiger partial charge in [-0.25, -0.2) is 0 Å². The number of H-pyrrole nitrogens is 1. The Labute approximate surface area is 228 Å². The van der Waals surface area contributed by atoms with Crippen molar-refractivity contribution in [2.45, 2.75) is 45.8 Å². The van der Waals surface area contributed by atoms with Gasteiger partial charge in [0.05, 0.1) is 16.9 Å². The van der Waals surface area contributed by atoms with Crippen molar-refractivity contribution in [2.75, 3.05) is 55.8 Å². The Bertz CT molecular complexity index is 1360. The Kier molecular flexibility index (Phi) is 7.76. The number of likely N-dealkylation sites (tertiary alicyclic amines) is 1. The summed E-state index contributed by atoms with van der Waals surface area (Å²) in [6.07, 6.45) is 5.12. The third-order valence-corrected chi connectivity index (χ3v) is 8.90. The fourth-order valence-electron chi connectivity index (χ4n) is 5.54. The third kappa shape index (κ3) is 5.17. The first-order valence-electron chi connectivity index (χ1n) is 13.5. The minimum atomic E-state index is -0.318. The number of thiophene rings is 1. The van der Waals surface area contributed by atoms with Crippen LogP contribution >= 0.6 is 11.3 Å². The molecular weight excluding hydrogens is 496 g/mol. The van der Waals surface area contributed by atoms with Crippen molar-refractivity contribution < 1.29 is 4.79 Å². The summed E-state index contributed by atoms with van der Waals surface area (Å²) in [5.74, 6) is 0.0366. The number of aryl methyl sites for hydroxylation is 1. The van der Waals surface area contributed by atoms with Gasteiger partial charge in [0, 0.05) is 49.5 Å². The molecule has 6 rings (SSSR count). The van der Waals surface area contributed by atoms with Crippen LogP contribution in [0.1, 0.15) is 57.9 Å². The van der Waals surface area contributed by atoms with E-state index in [0.29, 0.717) is 12.1 Å². The van der Waals surface area contributed by atoms with E-state index in [1.54, 1.807) is 22.4 Å². The molecule has 1 fully saturated rings. The molecule has 0 bridgehead atoms. The molecule has 3 aliphatic rings. The zero-order chi connectivity index (χ0) is 26.8. The molecule has 1 atom stereocenters. The predicted octanol–water partition coefficient (Wildman–Crippen LogP) is 4.65. The predicted molar refractivity (Wildman–Crippen MR) is 157 cm³/mol. The molecule has 1 saturated heterocycles. The average Bonchev–Trinajstić information content (AvgIpc) is 3.69. The highest BCUT2D eigenvalue weighted by Crippen LogP contribution is 2.43. The zero-order valence-corrected chi connectivity index (χ0v) is 23.6. The van der Waals surface area contributed by atoms with Gasteiger partial charge in [0.25, 0.3) is 11.5 Å². The summed E-state index contributed by atoms with van der Waals surface area (Å²) < 4.78 is 0. The summed E-state index contributed by atoms with van der Waals surface area (Å²) in [6, 6.07) is 8.02. The second-order valence-corrected chi connectivity index (χ2v) is 11.3. The molecule has 1 amide bonds. The quantitative estimate of drug-likeness (QED) is 0.427. The van der Waals surface area contributed by atoms with Crippen molar-refractivity contribution in [3.8, 4) is 0 Å². The van der Waals surface area contributed by atoms with Gasteiger partial charge >= 0.3 is 0 Å². The number of hydrogen-bond acceptors (Lipinski definition) is 7. The Morgan fingerprint density at radius 3 is 2.61 bits per heavy atom. The maximum absolute atomic E-state index is 12.8. The van der Waals surface area contributed by atoms with Crippen LogP contribution in [0.4, 0.5) is 17.1 Å². The summed E-state index contributed by atoms with van der Waals surface area (Å²) in [6.45, 7) is 9.65. The van der Waals surface area contributed by atoms with Gasteiger partial charge in [0.2, 0.25) is 0 Å². The van der Waals surface area contributed by atoms with E-state index in [0.717, 1.165) is 41.2 Å². The first kappa shape index (κ1) is 26.3. The second-order valence-electron chi connectivity index (χ2n) is 10.3. The van der Waals surface area contributed by atoms with Crippen molar-refractivity contribution in [2.24, 2.45) is 0 Å². The van der Waals surface area contributed by atoms with Crippen molar-refractivity contribution in [3.05, 3.63) is 73.3 Å². The number of fused-ring (bicyclic) bond motifs is 2. The molecular formula is C29H38N6O2S. The van der Waals surface area contributed by atoms with E-state index >= 15 is 0 Å². The van der Waals surface area contributed by atoms with Crippen LogP contribution in [0.5, 0.6) is 0 Å². The highest BCUT2D eigenvalue weighted by atomic mass is 32.1. The first-order chi connectivity index (χ1) is 18.4. The number of aromatic nitrogens is 1. The number of pyridine rings is 1. The van der Waals surface area contributed by atoms with E-state index in [-0.39, 0.29) is 17.6 Å². The SMILES string of the molecule is CCN1CCCC1.Cc1ccsc1CCNc1cc[nH]c(=O)c1C1Nc2cc3c(cc2N1C)CN(C)C3=O. The topological polar surface area (TPSA) is 83.7 Å². The summed E-state index contributed by atoms with van der Waals surface area (Å²) in [7, 11) is 3.79. The normalized spacial score (nSPS) is 18.2. The van der Waals surface area contributed by atoms with Crippen molar-refractivity contribution in [1.82, 2.24) is 14.8 Å². The number of carbonyl (C=O) groups is 1. The largest absolute Gasteiger partial charge is 0.384 e. The van der Waals surface area contributed by atoms with Gasteiger partial charge < -0.3 is 30.3 Å². The Morgan fingerprint density at radius 2 is 1.92 bits per heavy atom. The molecule has 0 saturated carbocycles. The van der Waals surface area contributed by atoms with E-state index in [1.807, 2.05) is 26.2 Å². The molecule has 3 aliphatic heterocycles. The first-order valence-corrected chi connectivity index (χ1v) is 14.4. The number of hydrogen-bond donors (Lipinski definition) is 3. The van der Waals surface area contributed by atoms with E-state index in [2.05, 4.69) is 56.8 Å². The van der Waals surface area contributed by atoms with Crippen LogP contribution in [0.3, 0.4) is 0 Å². The van der Waals surface area contributed by atoms with Crippen molar-refractivity contribution >= 4 is 34.3 Å². The van der Waals surface area contributed by atoms with Crippen molar-refractivity contribution in [1.29, 1.82) is 0 Å². The van der Waals surface area contributed by atoms with Crippen LogP contribution in [0.2, 0.25) is 0 Å². The standard InChI is InChI=1S/C23H25N5O2S.C6H13N/c1-13-6-9-31-19(13)5-8-24-16-4-7-25-22(29)20(16)21-26-17-11-15-14(10-18(17)28(21)3)12-27(2)23(15)30;1-2-7-5-3-4-6-7/h4,6-7,9-11,21,26H,5,8,12H2,1-3H3,(H2,24,25,29);2-6H2,1H3. The maximum Gasteiger partial charge on any atom is 0.257 e. The molecule has 8 nitrogen and oxygen atoms in total. The minimum absolute atomic E-state index is 0.0366. The molecule has 3 N–H and O–H groups in total. The molecule has 0 aliphatic carbocycles. The monoisotopic (exact) mass is 534 g/mol. The number of amides is 1. The number of carbonyl (C=O) groups excluding carboxylic acids is 1. The molecule has 1 aromatic carbocycles. The van der Waals surface area contributed by atoms with Gasteiger partial charge in [0.15, 0.2) is 0 Å². The zero-order valence-electron chi connectivity index (χ0n) is 22.8. The number of nitrogens with zero attached hydrogens (tertiary/aromatic N) is 3. The Hall–Kier alpha value is -3.30. The van der Waals surface area contributed by atoms with Gasteiger partial charge in [-0.3, -0.25) is 9.59 Å². The molecule has 2 aromatic heterocycles. The third-order valence-electron chi connectivity index (χ3n) is 7.82. The second kappa shape index (κ2) is 11.2. The molecule has 9 heteroatoms. The maximum atomic E-state index is 12.8. The van der Waals surface area contributed by atoms with Crippen LogP contribution in [-0.2, 0) is 13.0 Å². The number of rotatable bonds is 6. The number of aromatic amines is 1. The summed E-state index contributed by atoms with van der Waals surface area (Å²) in [5.41, 5.74) is 6.26. The van der Waals surface area contributed by atoms with Crippen LogP contribution in [0, 0.1) is 6.92 Å². The fraction of sp³-hybridized carbons (Fsp3) is 0.448. The molecule has 3 aromatic rings. The summed E-state index contributed by atoms with van der Waals surface area (Å²) in [4.78, 5) is 35.7. The molecule has 5 heterocycles. The van der Waals surface area contributed by atoms with Crippen LogP contribution in [0.15, 0.2) is 40.6 Å². The number of anilines is 3. The minimum Gasteiger partial charge on any atom is -0.384 e. The lowest BCUT2D eigenvalue weighted by Gasteiger charge is -2.24. The number of benzene rings is 1. The molecule has 1 unspecified atom stereocenters. The highest BCUT2D eigenvalue weighted by molar-refractivity contribution is 7.10. The van der Waals surface area contributed by atoms with E-state index in [1.165, 1.54) is 42.9 Å². The lowest BCUT2D eigenvalue weighted by atomic mass is 10.1. The lowest BCUT2D eigenvalue weighted by Crippen LogP contribution is -2.31. The van der Waals surface area contributed by atoms with Crippen LogP contribution < -0.4 is 21.1 Å². The summed E-state index contributed by atoms with van der Waals surface area (Å²) in [5, 5.41) is 9.03. The van der Waals surface area contributed by atoms with Gasteiger partial charge in [-0.15, -0.1) is 11.3 Å². The Balaban J connectivity index is 0.000000366. The molecule has 38 heavy (non-hydrogen) atoms. The smallest absolute Gasteiger partial charge is 0.257 e. The highest BCUT2D eigenvalue weighted by Gasteiger charge is 2.34. The molecule has 202 valence electrons. The number of nitrogens with one attached hydrogen (secondary N) is 3. The summed E-state index contributed by atoms with van der Waals surface area (Å²) >= 11 is 1.76. The Morgan fingerprint density at radius 1 is 1.13 bits per heavy atom. The van der Waals surface area contributed by atoms with Gasteiger partial charge in [-0.2, -0.15) is 0 Å². The van der Waals surface area contributed by atoms with Gasteiger partial charge in [0.1, 0.15) is 6.17 Å². The molecule has 0 spiro atoms. The van der Waals surface area contributed by atoms with E-state index in [4.69, 9.17) is 0 Å².